The van der Waals surface area contributed by atoms with Crippen LogP contribution in [-0.2, 0) is 11.3 Å². The summed E-state index contributed by atoms with van der Waals surface area (Å²) in [6, 6.07) is 9.73. The summed E-state index contributed by atoms with van der Waals surface area (Å²) in [5.41, 5.74) is 2.25. The smallest absolute Gasteiger partial charge is 0.223 e. The summed E-state index contributed by atoms with van der Waals surface area (Å²) < 4.78 is 5.50. The number of hydrogen-bond acceptors (Lipinski definition) is 2. The third-order valence-electron chi connectivity index (χ3n) is 2.77. The minimum Gasteiger partial charge on any atom is -0.493 e. The second-order valence-electron chi connectivity index (χ2n) is 4.41. The van der Waals surface area contributed by atoms with Crippen LogP contribution in [0.2, 0.25) is 0 Å². The lowest BCUT2D eigenvalue weighted by molar-refractivity contribution is -0.121. The van der Waals surface area contributed by atoms with Gasteiger partial charge in [-0.05, 0) is 30.7 Å². The standard InChI is InChI=1S/C15H18N2O2/c1-12-2-4-14(5-3-12)19-9-7-15(18)17-11-13-6-8-16-10-13/h2-6,8,10,16H,7,9,11H2,1H3,(H,17,18). The van der Waals surface area contributed by atoms with Gasteiger partial charge in [0.2, 0.25) is 5.91 Å². The number of benzene rings is 1. The molecule has 0 aliphatic heterocycles. The number of carbonyl (C=O) groups is 1. The van der Waals surface area contributed by atoms with Gasteiger partial charge in [-0.25, -0.2) is 0 Å². The van der Waals surface area contributed by atoms with E-state index in [-0.39, 0.29) is 5.91 Å². The molecule has 4 heteroatoms. The highest BCUT2D eigenvalue weighted by atomic mass is 16.5. The molecule has 1 aromatic carbocycles. The van der Waals surface area contributed by atoms with Gasteiger partial charge in [0.15, 0.2) is 0 Å². The molecule has 0 saturated heterocycles. The maximum Gasteiger partial charge on any atom is 0.223 e. The zero-order valence-electron chi connectivity index (χ0n) is 11.0. The van der Waals surface area contributed by atoms with E-state index in [2.05, 4.69) is 10.3 Å². The van der Waals surface area contributed by atoms with E-state index in [0.29, 0.717) is 19.6 Å². The van der Waals surface area contributed by atoms with Crippen LogP contribution in [-0.4, -0.2) is 17.5 Å². The fourth-order valence-corrected chi connectivity index (χ4v) is 1.65. The van der Waals surface area contributed by atoms with Crippen LogP contribution in [0.4, 0.5) is 0 Å². The number of aryl methyl sites for hydroxylation is 1. The van der Waals surface area contributed by atoms with E-state index >= 15 is 0 Å². The Morgan fingerprint density at radius 1 is 1.26 bits per heavy atom. The monoisotopic (exact) mass is 258 g/mol. The predicted octanol–water partition coefficient (Wildman–Crippen LogP) is 2.41. The summed E-state index contributed by atoms with van der Waals surface area (Å²) in [5.74, 6) is 0.789. The van der Waals surface area contributed by atoms with Gasteiger partial charge in [0, 0.05) is 18.9 Å². The zero-order chi connectivity index (χ0) is 13.5. The van der Waals surface area contributed by atoms with E-state index in [4.69, 9.17) is 4.74 Å². The van der Waals surface area contributed by atoms with Crippen LogP contribution in [0.15, 0.2) is 42.7 Å². The molecular formula is C15H18N2O2. The van der Waals surface area contributed by atoms with Crippen LogP contribution in [0.25, 0.3) is 0 Å². The molecule has 100 valence electrons. The topological polar surface area (TPSA) is 54.1 Å². The Kier molecular flexibility index (Phi) is 4.61. The molecule has 0 unspecified atom stereocenters. The van der Waals surface area contributed by atoms with E-state index in [0.717, 1.165) is 11.3 Å². The molecule has 0 aliphatic rings. The lowest BCUT2D eigenvalue weighted by Gasteiger charge is -2.07. The van der Waals surface area contributed by atoms with Crippen LogP contribution in [0.5, 0.6) is 5.75 Å². The second kappa shape index (κ2) is 6.64. The van der Waals surface area contributed by atoms with Crippen molar-refractivity contribution in [3.63, 3.8) is 0 Å². The summed E-state index contributed by atoms with van der Waals surface area (Å²) in [4.78, 5) is 14.5. The highest BCUT2D eigenvalue weighted by Crippen LogP contribution is 2.11. The van der Waals surface area contributed by atoms with Crippen molar-refractivity contribution in [1.82, 2.24) is 10.3 Å². The number of aromatic nitrogens is 1. The summed E-state index contributed by atoms with van der Waals surface area (Å²) in [6.45, 7) is 2.97. The van der Waals surface area contributed by atoms with E-state index in [1.54, 1.807) is 0 Å². The molecule has 0 aliphatic carbocycles. The first-order valence-electron chi connectivity index (χ1n) is 6.32. The van der Waals surface area contributed by atoms with E-state index in [1.165, 1.54) is 5.56 Å². The van der Waals surface area contributed by atoms with Gasteiger partial charge in [0.05, 0.1) is 13.0 Å². The summed E-state index contributed by atoms with van der Waals surface area (Å²) in [7, 11) is 0. The number of ether oxygens (including phenoxy) is 1. The van der Waals surface area contributed by atoms with Crippen molar-refractivity contribution >= 4 is 5.91 Å². The first-order chi connectivity index (χ1) is 9.24. The first-order valence-corrected chi connectivity index (χ1v) is 6.32. The number of carbonyl (C=O) groups excluding carboxylic acids is 1. The number of H-pyrrole nitrogens is 1. The van der Waals surface area contributed by atoms with Crippen molar-refractivity contribution in [2.75, 3.05) is 6.61 Å². The van der Waals surface area contributed by atoms with Crippen LogP contribution in [0, 0.1) is 6.92 Å². The molecule has 0 bridgehead atoms. The number of hydrogen-bond donors (Lipinski definition) is 2. The van der Waals surface area contributed by atoms with Crippen molar-refractivity contribution < 1.29 is 9.53 Å². The Labute approximate surface area is 112 Å². The lowest BCUT2D eigenvalue weighted by Crippen LogP contribution is -2.24. The third-order valence-corrected chi connectivity index (χ3v) is 2.77. The van der Waals surface area contributed by atoms with Crippen molar-refractivity contribution in [2.45, 2.75) is 19.9 Å². The molecule has 1 heterocycles. The molecular weight excluding hydrogens is 240 g/mol. The second-order valence-corrected chi connectivity index (χ2v) is 4.41. The summed E-state index contributed by atoms with van der Waals surface area (Å²) >= 11 is 0. The Balaban J connectivity index is 1.65. The number of aromatic amines is 1. The fraction of sp³-hybridized carbons (Fsp3) is 0.267. The van der Waals surface area contributed by atoms with Gasteiger partial charge < -0.3 is 15.0 Å². The Hall–Kier alpha value is -2.23. The summed E-state index contributed by atoms with van der Waals surface area (Å²) in [6.07, 6.45) is 4.06. The van der Waals surface area contributed by atoms with Crippen LogP contribution >= 0.6 is 0 Å². The van der Waals surface area contributed by atoms with E-state index < -0.39 is 0 Å². The van der Waals surface area contributed by atoms with Crippen molar-refractivity contribution in [1.29, 1.82) is 0 Å². The van der Waals surface area contributed by atoms with Gasteiger partial charge in [0.1, 0.15) is 5.75 Å². The van der Waals surface area contributed by atoms with Crippen molar-refractivity contribution in [3.8, 4) is 5.75 Å². The summed E-state index contributed by atoms with van der Waals surface area (Å²) in [5, 5.41) is 2.84. The van der Waals surface area contributed by atoms with Crippen LogP contribution in [0.1, 0.15) is 17.5 Å². The highest BCUT2D eigenvalue weighted by molar-refractivity contribution is 5.75. The van der Waals surface area contributed by atoms with Crippen molar-refractivity contribution in [3.05, 3.63) is 53.9 Å². The van der Waals surface area contributed by atoms with Gasteiger partial charge in [-0.2, -0.15) is 0 Å². The normalized spacial score (nSPS) is 10.2. The maximum absolute atomic E-state index is 11.6. The van der Waals surface area contributed by atoms with E-state index in [1.807, 2.05) is 49.6 Å². The highest BCUT2D eigenvalue weighted by Gasteiger charge is 2.02. The quantitative estimate of drug-likeness (QED) is 0.836. The van der Waals surface area contributed by atoms with Gasteiger partial charge in [-0.1, -0.05) is 17.7 Å². The Morgan fingerprint density at radius 3 is 2.74 bits per heavy atom. The molecule has 1 aromatic heterocycles. The van der Waals surface area contributed by atoms with Crippen LogP contribution < -0.4 is 10.1 Å². The molecule has 0 spiro atoms. The van der Waals surface area contributed by atoms with Gasteiger partial charge in [0.25, 0.3) is 0 Å². The fourth-order valence-electron chi connectivity index (χ4n) is 1.65. The molecule has 1 amide bonds. The van der Waals surface area contributed by atoms with Gasteiger partial charge >= 0.3 is 0 Å². The first kappa shape index (κ1) is 13.2. The van der Waals surface area contributed by atoms with Gasteiger partial charge in [-0.3, -0.25) is 4.79 Å². The Morgan fingerprint density at radius 2 is 2.05 bits per heavy atom. The molecule has 0 saturated carbocycles. The molecule has 0 fully saturated rings. The van der Waals surface area contributed by atoms with Crippen molar-refractivity contribution in [2.24, 2.45) is 0 Å². The molecule has 19 heavy (non-hydrogen) atoms. The molecule has 2 rings (SSSR count). The maximum atomic E-state index is 11.6. The minimum atomic E-state index is -0.00619. The molecule has 4 nitrogen and oxygen atoms in total. The number of rotatable bonds is 6. The van der Waals surface area contributed by atoms with Gasteiger partial charge in [-0.15, -0.1) is 0 Å². The molecule has 0 radical (unpaired) electrons. The largest absolute Gasteiger partial charge is 0.493 e. The molecule has 2 N–H and O–H groups in total. The van der Waals surface area contributed by atoms with Crippen LogP contribution in [0.3, 0.4) is 0 Å². The Bertz CT molecular complexity index is 503. The third kappa shape index (κ3) is 4.50. The zero-order valence-corrected chi connectivity index (χ0v) is 11.0. The number of nitrogens with one attached hydrogen (secondary N) is 2. The number of amides is 1. The van der Waals surface area contributed by atoms with E-state index in [9.17, 15) is 4.79 Å². The average Bonchev–Trinajstić information content (AvgIpc) is 2.92. The molecule has 2 aromatic rings. The predicted molar refractivity (Wildman–Crippen MR) is 73.9 cm³/mol. The molecule has 0 atom stereocenters. The lowest BCUT2D eigenvalue weighted by atomic mass is 10.2. The SMILES string of the molecule is Cc1ccc(OCCC(=O)NCc2cc[nH]c2)cc1. The minimum absolute atomic E-state index is 0.00619. The average molecular weight is 258 g/mol.